The van der Waals surface area contributed by atoms with Gasteiger partial charge >= 0.3 is 0 Å². The first-order valence-electron chi connectivity index (χ1n) is 3.99. The van der Waals surface area contributed by atoms with E-state index in [1.54, 1.807) is 18.3 Å². The van der Waals surface area contributed by atoms with Crippen molar-refractivity contribution < 1.29 is 10.2 Å². The molecule has 0 aliphatic heterocycles. The Morgan fingerprint density at radius 2 is 2.08 bits per heavy atom. The Kier molecular flexibility index (Phi) is 1.87. The Morgan fingerprint density at radius 1 is 1.23 bits per heavy atom. The molecular formula is C10H9NO2. The largest absolute Gasteiger partial charge is 0.505 e. The molecule has 3 nitrogen and oxygen atoms in total. The standard InChI is InChI=1S/C10H9NO2/c12-6-8-4-3-7-2-1-5-11-9(7)10(8)13/h1-5,12-13H,6H2. The van der Waals surface area contributed by atoms with E-state index in [0.717, 1.165) is 5.39 Å². The summed E-state index contributed by atoms with van der Waals surface area (Å²) in [6.45, 7) is -0.168. The van der Waals surface area contributed by atoms with Crippen molar-refractivity contribution in [2.45, 2.75) is 6.61 Å². The zero-order valence-corrected chi connectivity index (χ0v) is 6.94. The minimum Gasteiger partial charge on any atom is -0.505 e. The van der Waals surface area contributed by atoms with Gasteiger partial charge in [0.1, 0.15) is 11.3 Å². The number of rotatable bonds is 1. The van der Waals surface area contributed by atoms with Gasteiger partial charge in [-0.2, -0.15) is 0 Å². The topological polar surface area (TPSA) is 53.4 Å². The van der Waals surface area contributed by atoms with Gasteiger partial charge in [0.25, 0.3) is 0 Å². The van der Waals surface area contributed by atoms with Crippen LogP contribution < -0.4 is 0 Å². The van der Waals surface area contributed by atoms with E-state index in [9.17, 15) is 5.11 Å². The van der Waals surface area contributed by atoms with Crippen LogP contribution in [-0.2, 0) is 6.61 Å². The summed E-state index contributed by atoms with van der Waals surface area (Å²) in [6, 6.07) is 7.19. The van der Waals surface area contributed by atoms with E-state index >= 15 is 0 Å². The Balaban J connectivity index is 2.79. The fourth-order valence-electron chi connectivity index (χ4n) is 1.30. The maximum atomic E-state index is 9.63. The van der Waals surface area contributed by atoms with Crippen molar-refractivity contribution in [3.8, 4) is 5.75 Å². The summed E-state index contributed by atoms with van der Waals surface area (Å²) in [5.41, 5.74) is 1.04. The SMILES string of the molecule is OCc1ccc2cccnc2c1O. The molecule has 3 heteroatoms. The summed E-state index contributed by atoms with van der Waals surface area (Å²) < 4.78 is 0. The van der Waals surface area contributed by atoms with Gasteiger partial charge in [0.05, 0.1) is 6.61 Å². The zero-order chi connectivity index (χ0) is 9.26. The van der Waals surface area contributed by atoms with Gasteiger partial charge in [-0.05, 0) is 6.07 Å². The third kappa shape index (κ3) is 1.23. The molecule has 0 radical (unpaired) electrons. The van der Waals surface area contributed by atoms with E-state index in [-0.39, 0.29) is 12.4 Å². The monoisotopic (exact) mass is 175 g/mol. The minimum atomic E-state index is -0.168. The molecule has 1 heterocycles. The molecule has 13 heavy (non-hydrogen) atoms. The Morgan fingerprint density at radius 3 is 2.85 bits per heavy atom. The third-order valence-electron chi connectivity index (χ3n) is 2.00. The van der Waals surface area contributed by atoms with Gasteiger partial charge in [-0.15, -0.1) is 0 Å². The number of aromatic nitrogens is 1. The summed E-state index contributed by atoms with van der Waals surface area (Å²) in [6.07, 6.45) is 1.61. The molecule has 2 rings (SSSR count). The number of pyridine rings is 1. The number of phenols is 1. The van der Waals surface area contributed by atoms with Crippen LogP contribution in [0, 0.1) is 0 Å². The Hall–Kier alpha value is -1.61. The van der Waals surface area contributed by atoms with Crippen LogP contribution in [0.2, 0.25) is 0 Å². The predicted octanol–water partition coefficient (Wildman–Crippen LogP) is 1.43. The number of hydrogen-bond acceptors (Lipinski definition) is 3. The normalized spacial score (nSPS) is 10.5. The summed E-state index contributed by atoms with van der Waals surface area (Å²) in [4.78, 5) is 4.03. The van der Waals surface area contributed by atoms with Crippen LogP contribution in [0.1, 0.15) is 5.56 Å². The molecule has 1 aromatic heterocycles. The number of aliphatic hydroxyl groups excluding tert-OH is 1. The smallest absolute Gasteiger partial charge is 0.147 e. The van der Waals surface area contributed by atoms with Gasteiger partial charge in [0.2, 0.25) is 0 Å². The van der Waals surface area contributed by atoms with Gasteiger partial charge in [-0.3, -0.25) is 4.98 Å². The number of aliphatic hydroxyl groups is 1. The minimum absolute atomic E-state index is 0.0700. The lowest BCUT2D eigenvalue weighted by atomic mass is 10.1. The van der Waals surface area contributed by atoms with Gasteiger partial charge in [0, 0.05) is 17.1 Å². The van der Waals surface area contributed by atoms with Crippen molar-refractivity contribution in [1.29, 1.82) is 0 Å². The molecule has 0 amide bonds. The fourth-order valence-corrected chi connectivity index (χ4v) is 1.30. The molecule has 2 N–H and O–H groups in total. The molecule has 0 saturated carbocycles. The second kappa shape index (κ2) is 3.03. The number of fused-ring (bicyclic) bond motifs is 1. The molecule has 0 bridgehead atoms. The van der Waals surface area contributed by atoms with Gasteiger partial charge in [-0.25, -0.2) is 0 Å². The summed E-state index contributed by atoms with van der Waals surface area (Å²) in [5, 5.41) is 19.4. The van der Waals surface area contributed by atoms with Gasteiger partial charge < -0.3 is 10.2 Å². The molecule has 0 spiro atoms. The molecule has 0 fully saturated rings. The van der Waals surface area contributed by atoms with Crippen molar-refractivity contribution in [1.82, 2.24) is 4.98 Å². The van der Waals surface area contributed by atoms with Crippen molar-refractivity contribution >= 4 is 10.9 Å². The van der Waals surface area contributed by atoms with Crippen LogP contribution in [0.15, 0.2) is 30.5 Å². The third-order valence-corrected chi connectivity index (χ3v) is 2.00. The molecule has 0 aliphatic rings. The van der Waals surface area contributed by atoms with Crippen LogP contribution in [0.5, 0.6) is 5.75 Å². The van der Waals surface area contributed by atoms with Crippen molar-refractivity contribution in [2.24, 2.45) is 0 Å². The van der Waals surface area contributed by atoms with E-state index in [0.29, 0.717) is 11.1 Å². The van der Waals surface area contributed by atoms with E-state index in [1.165, 1.54) is 0 Å². The van der Waals surface area contributed by atoms with Crippen LogP contribution in [0.4, 0.5) is 0 Å². The molecule has 2 aromatic rings. The lowest BCUT2D eigenvalue weighted by Crippen LogP contribution is -1.86. The van der Waals surface area contributed by atoms with Gasteiger partial charge in [-0.1, -0.05) is 18.2 Å². The van der Waals surface area contributed by atoms with Crippen LogP contribution in [0.3, 0.4) is 0 Å². The second-order valence-electron chi connectivity index (χ2n) is 2.81. The van der Waals surface area contributed by atoms with Crippen molar-refractivity contribution in [2.75, 3.05) is 0 Å². The first kappa shape index (κ1) is 8.01. The molecule has 0 unspecified atom stereocenters. The van der Waals surface area contributed by atoms with Crippen molar-refractivity contribution in [3.05, 3.63) is 36.0 Å². The van der Waals surface area contributed by atoms with E-state index in [2.05, 4.69) is 4.98 Å². The lowest BCUT2D eigenvalue weighted by molar-refractivity contribution is 0.276. The highest BCUT2D eigenvalue weighted by molar-refractivity contribution is 5.85. The maximum Gasteiger partial charge on any atom is 0.147 e. The average molecular weight is 175 g/mol. The van der Waals surface area contributed by atoms with Crippen molar-refractivity contribution in [3.63, 3.8) is 0 Å². The van der Waals surface area contributed by atoms with Gasteiger partial charge in [0.15, 0.2) is 0 Å². The summed E-state index contributed by atoms with van der Waals surface area (Å²) in [7, 11) is 0. The maximum absolute atomic E-state index is 9.63. The molecule has 66 valence electrons. The highest BCUT2D eigenvalue weighted by Crippen LogP contribution is 2.26. The quantitative estimate of drug-likeness (QED) is 0.689. The zero-order valence-electron chi connectivity index (χ0n) is 6.94. The first-order chi connectivity index (χ1) is 6.33. The first-order valence-corrected chi connectivity index (χ1v) is 3.99. The van der Waals surface area contributed by atoms with E-state index in [1.807, 2.05) is 12.1 Å². The van der Waals surface area contributed by atoms with E-state index in [4.69, 9.17) is 5.11 Å². The number of aromatic hydroxyl groups is 1. The number of hydrogen-bond donors (Lipinski definition) is 2. The lowest BCUT2D eigenvalue weighted by Gasteiger charge is -2.03. The molecule has 0 saturated heterocycles. The van der Waals surface area contributed by atoms with Crippen LogP contribution in [-0.4, -0.2) is 15.2 Å². The molecule has 1 aromatic carbocycles. The average Bonchev–Trinajstić information content (AvgIpc) is 2.19. The Bertz CT molecular complexity index is 440. The predicted molar refractivity (Wildman–Crippen MR) is 49.3 cm³/mol. The molecular weight excluding hydrogens is 166 g/mol. The fraction of sp³-hybridized carbons (Fsp3) is 0.100. The van der Waals surface area contributed by atoms with Crippen LogP contribution in [0.25, 0.3) is 10.9 Å². The second-order valence-corrected chi connectivity index (χ2v) is 2.81. The molecule has 0 atom stereocenters. The van der Waals surface area contributed by atoms with Crippen LogP contribution >= 0.6 is 0 Å². The number of benzene rings is 1. The highest BCUT2D eigenvalue weighted by Gasteiger charge is 2.04. The summed E-state index contributed by atoms with van der Waals surface area (Å²) >= 11 is 0. The Labute approximate surface area is 75.3 Å². The molecule has 0 aliphatic carbocycles. The number of nitrogens with zero attached hydrogens (tertiary/aromatic N) is 1. The highest BCUT2D eigenvalue weighted by atomic mass is 16.3. The van der Waals surface area contributed by atoms with E-state index < -0.39 is 0 Å². The summed E-state index contributed by atoms with van der Waals surface area (Å²) in [5.74, 6) is 0.0700.